The average molecular weight is 537 g/mol. The molecule has 2 aliphatic carbocycles. The summed E-state index contributed by atoms with van der Waals surface area (Å²) in [6.07, 6.45) is 2.86. The summed E-state index contributed by atoms with van der Waals surface area (Å²) in [7, 11) is 0. The summed E-state index contributed by atoms with van der Waals surface area (Å²) in [5.74, 6) is -1.14. The summed E-state index contributed by atoms with van der Waals surface area (Å²) in [5, 5.41) is 40.2. The number of benzene rings is 1. The summed E-state index contributed by atoms with van der Waals surface area (Å²) in [4.78, 5) is 24.0. The maximum Gasteiger partial charge on any atom is 0.347 e. The molecule has 8 nitrogen and oxygen atoms in total. The van der Waals surface area contributed by atoms with E-state index in [0.29, 0.717) is 30.0 Å². The normalized spacial score (nSPS) is 27.4. The summed E-state index contributed by atoms with van der Waals surface area (Å²) >= 11 is 5.93. The van der Waals surface area contributed by atoms with Crippen molar-refractivity contribution in [2.75, 3.05) is 0 Å². The molecule has 4 N–H and O–H groups in total. The first-order chi connectivity index (χ1) is 17.6. The Balaban J connectivity index is 1.70. The molecule has 0 spiro atoms. The van der Waals surface area contributed by atoms with Gasteiger partial charge in [0.2, 0.25) is 0 Å². The van der Waals surface area contributed by atoms with Gasteiger partial charge in [-0.25, -0.2) is 4.79 Å². The molecular weight excluding hydrogens is 500 g/mol. The van der Waals surface area contributed by atoms with Crippen molar-refractivity contribution >= 4 is 23.5 Å². The van der Waals surface area contributed by atoms with Crippen LogP contribution in [0.15, 0.2) is 48.1 Å². The zero-order valence-electron chi connectivity index (χ0n) is 21.2. The van der Waals surface area contributed by atoms with E-state index >= 15 is 0 Å². The highest BCUT2D eigenvalue weighted by Crippen LogP contribution is 2.44. The Bertz CT molecular complexity index is 975. The molecule has 0 fully saturated rings. The van der Waals surface area contributed by atoms with Gasteiger partial charge in [0.1, 0.15) is 11.9 Å². The third-order valence-electron chi connectivity index (χ3n) is 7.15. The van der Waals surface area contributed by atoms with Crippen LogP contribution < -0.4 is 4.74 Å². The summed E-state index contributed by atoms with van der Waals surface area (Å²) in [5.41, 5.74) is 0.895. The molecule has 0 aliphatic heterocycles. The number of aliphatic hydroxyl groups excluding tert-OH is 3. The number of ether oxygens (including phenoxy) is 2. The maximum absolute atomic E-state index is 13.2. The SMILES string of the molecule is CC[C@H](Oc1ccc(Cl)cc1)C(=O)O[C@H]1C[C@H](O)C=C2C=C[C@@H](C)[C@H](CC[C@@H](O)C[C@@H](O)CC(=O)O)[C@H]21. The van der Waals surface area contributed by atoms with E-state index in [1.807, 2.05) is 19.1 Å². The fourth-order valence-electron chi connectivity index (χ4n) is 5.29. The number of halogens is 1. The minimum atomic E-state index is -1.11. The number of aliphatic hydroxyl groups is 3. The van der Waals surface area contributed by atoms with E-state index in [1.54, 1.807) is 30.3 Å². The van der Waals surface area contributed by atoms with Gasteiger partial charge in [-0.3, -0.25) is 4.79 Å². The molecule has 37 heavy (non-hydrogen) atoms. The summed E-state index contributed by atoms with van der Waals surface area (Å²) < 4.78 is 11.8. The van der Waals surface area contributed by atoms with Crippen molar-refractivity contribution in [3.63, 3.8) is 0 Å². The van der Waals surface area contributed by atoms with E-state index in [-0.39, 0.29) is 30.6 Å². The highest BCUT2D eigenvalue weighted by Gasteiger charge is 2.42. The van der Waals surface area contributed by atoms with Crippen molar-refractivity contribution in [1.82, 2.24) is 0 Å². The lowest BCUT2D eigenvalue weighted by Crippen LogP contribution is -2.44. The summed E-state index contributed by atoms with van der Waals surface area (Å²) in [6, 6.07) is 6.73. The molecule has 0 unspecified atom stereocenters. The number of esters is 1. The average Bonchev–Trinajstić information content (AvgIpc) is 2.82. The highest BCUT2D eigenvalue weighted by atomic mass is 35.5. The van der Waals surface area contributed by atoms with Crippen LogP contribution in [0.5, 0.6) is 5.75 Å². The second-order valence-electron chi connectivity index (χ2n) is 10.0. The van der Waals surface area contributed by atoms with E-state index in [0.717, 1.165) is 5.57 Å². The Kier molecular flexibility index (Phi) is 10.6. The van der Waals surface area contributed by atoms with Gasteiger partial charge in [-0.2, -0.15) is 0 Å². The molecule has 3 rings (SSSR count). The van der Waals surface area contributed by atoms with E-state index in [2.05, 4.69) is 6.92 Å². The third kappa shape index (κ3) is 8.30. The molecule has 2 aliphatic rings. The number of hydrogen-bond donors (Lipinski definition) is 4. The Morgan fingerprint density at radius 2 is 1.86 bits per heavy atom. The number of carboxylic acids is 1. The van der Waals surface area contributed by atoms with E-state index in [9.17, 15) is 24.9 Å². The van der Waals surface area contributed by atoms with Gasteiger partial charge in [-0.15, -0.1) is 0 Å². The number of allylic oxidation sites excluding steroid dienone is 2. The van der Waals surface area contributed by atoms with Crippen LogP contribution in [0.3, 0.4) is 0 Å². The van der Waals surface area contributed by atoms with E-state index < -0.39 is 48.9 Å². The van der Waals surface area contributed by atoms with Crippen LogP contribution in [0.1, 0.15) is 52.4 Å². The molecule has 8 atom stereocenters. The van der Waals surface area contributed by atoms with Crippen molar-refractivity contribution < 1.29 is 39.5 Å². The monoisotopic (exact) mass is 536 g/mol. The highest BCUT2D eigenvalue weighted by molar-refractivity contribution is 6.30. The fraction of sp³-hybridized carbons (Fsp3) is 0.571. The molecule has 0 heterocycles. The van der Waals surface area contributed by atoms with Gasteiger partial charge in [0.25, 0.3) is 0 Å². The van der Waals surface area contributed by atoms with Crippen molar-refractivity contribution in [1.29, 1.82) is 0 Å². The molecule has 0 bridgehead atoms. The molecule has 0 saturated carbocycles. The predicted octanol–water partition coefficient (Wildman–Crippen LogP) is 3.91. The van der Waals surface area contributed by atoms with Crippen LogP contribution in [0.2, 0.25) is 5.02 Å². The zero-order chi connectivity index (χ0) is 27.1. The number of carbonyl (C=O) groups excluding carboxylic acids is 1. The number of rotatable bonds is 12. The molecular formula is C28H37ClO8. The number of aliphatic carboxylic acids is 1. The zero-order valence-corrected chi connectivity index (χ0v) is 22.0. The van der Waals surface area contributed by atoms with Gasteiger partial charge in [0.15, 0.2) is 6.10 Å². The van der Waals surface area contributed by atoms with E-state index in [4.69, 9.17) is 26.2 Å². The smallest absolute Gasteiger partial charge is 0.347 e. The van der Waals surface area contributed by atoms with Crippen LogP contribution in [0.4, 0.5) is 0 Å². The number of carboxylic acid groups (broad SMARTS) is 1. The summed E-state index contributed by atoms with van der Waals surface area (Å²) in [6.45, 7) is 3.89. The number of hydrogen-bond acceptors (Lipinski definition) is 7. The molecule has 204 valence electrons. The maximum atomic E-state index is 13.2. The van der Waals surface area contributed by atoms with Gasteiger partial charge < -0.3 is 29.9 Å². The van der Waals surface area contributed by atoms with Gasteiger partial charge in [0, 0.05) is 17.4 Å². The first kappa shape index (κ1) is 29.2. The first-order valence-corrected chi connectivity index (χ1v) is 13.2. The topological polar surface area (TPSA) is 134 Å². The first-order valence-electron chi connectivity index (χ1n) is 12.9. The third-order valence-corrected chi connectivity index (χ3v) is 7.41. The second-order valence-corrected chi connectivity index (χ2v) is 10.5. The minimum Gasteiger partial charge on any atom is -0.481 e. The van der Waals surface area contributed by atoms with Crippen LogP contribution >= 0.6 is 11.6 Å². The largest absolute Gasteiger partial charge is 0.481 e. The lowest BCUT2D eigenvalue weighted by atomic mass is 9.66. The van der Waals surface area contributed by atoms with Gasteiger partial charge in [0.05, 0.1) is 24.7 Å². The minimum absolute atomic E-state index is 0.0186. The van der Waals surface area contributed by atoms with Crippen molar-refractivity contribution in [2.45, 2.75) is 82.9 Å². The van der Waals surface area contributed by atoms with Crippen LogP contribution in [-0.2, 0) is 14.3 Å². The molecule has 1 aromatic carbocycles. The van der Waals surface area contributed by atoms with Gasteiger partial charge in [-0.05, 0) is 67.4 Å². The van der Waals surface area contributed by atoms with Crippen LogP contribution in [0.25, 0.3) is 0 Å². The lowest BCUT2D eigenvalue weighted by Gasteiger charge is -2.43. The Morgan fingerprint density at radius 1 is 1.16 bits per heavy atom. The van der Waals surface area contributed by atoms with Crippen LogP contribution in [0, 0.1) is 17.8 Å². The van der Waals surface area contributed by atoms with Crippen molar-refractivity contribution in [3.8, 4) is 5.75 Å². The Hall–Kier alpha value is -2.39. The second kappa shape index (κ2) is 13.4. The standard InChI is InChI=1S/C28H37ClO8/c1-3-24(36-22-9-6-18(29)7-10-22)28(35)37-25-14-20(31)12-17-5-4-16(2)23(27(17)25)11-8-19(30)13-21(32)15-26(33)34/h4-7,9-10,12,16,19-21,23-25,27,30-32H,3,8,11,13-15H2,1-2H3,(H,33,34)/t16-,19-,20-,21-,23+,24+,25+,27+/m1/s1. The quantitative estimate of drug-likeness (QED) is 0.295. The Labute approximate surface area is 222 Å². The lowest BCUT2D eigenvalue weighted by molar-refractivity contribution is -0.163. The number of carbonyl (C=O) groups is 2. The van der Waals surface area contributed by atoms with Crippen molar-refractivity contribution in [3.05, 3.63) is 53.1 Å². The van der Waals surface area contributed by atoms with Gasteiger partial charge in [-0.1, -0.05) is 43.7 Å². The Morgan fingerprint density at radius 3 is 2.51 bits per heavy atom. The molecule has 0 saturated heterocycles. The molecule has 0 aromatic heterocycles. The fourth-order valence-corrected chi connectivity index (χ4v) is 5.41. The molecule has 0 amide bonds. The molecule has 1 aromatic rings. The predicted molar refractivity (Wildman–Crippen MR) is 138 cm³/mol. The van der Waals surface area contributed by atoms with Crippen LogP contribution in [-0.4, -0.2) is 62.9 Å². The molecule has 0 radical (unpaired) electrons. The van der Waals surface area contributed by atoms with Crippen molar-refractivity contribution in [2.24, 2.45) is 17.8 Å². The van der Waals surface area contributed by atoms with Gasteiger partial charge >= 0.3 is 11.9 Å². The van der Waals surface area contributed by atoms with E-state index in [1.165, 1.54) is 0 Å². The number of fused-ring (bicyclic) bond motifs is 1. The molecule has 9 heteroatoms.